The maximum absolute atomic E-state index is 11.6. The van der Waals surface area contributed by atoms with E-state index in [0.717, 1.165) is 0 Å². The van der Waals surface area contributed by atoms with Gasteiger partial charge >= 0.3 is 5.97 Å². The van der Waals surface area contributed by atoms with E-state index in [1.54, 1.807) is 25.3 Å². The van der Waals surface area contributed by atoms with Crippen molar-refractivity contribution in [1.82, 2.24) is 4.57 Å². The maximum Gasteiger partial charge on any atom is 0.305 e. The molecule has 0 radical (unpaired) electrons. The van der Waals surface area contributed by atoms with Crippen LogP contribution in [0.3, 0.4) is 0 Å². The fourth-order valence-corrected chi connectivity index (χ4v) is 1.17. The van der Waals surface area contributed by atoms with Gasteiger partial charge < -0.3 is 14.4 Å². The summed E-state index contributed by atoms with van der Waals surface area (Å²) in [5.74, 6) is -0.672. The van der Waals surface area contributed by atoms with Crippen LogP contribution in [0.5, 0.6) is 5.75 Å². The highest BCUT2D eigenvalue weighted by Crippen LogP contribution is 2.01. The lowest BCUT2D eigenvalue weighted by Gasteiger charge is -2.06. The van der Waals surface area contributed by atoms with Crippen LogP contribution >= 0.6 is 0 Å². The third-order valence-electron chi connectivity index (χ3n) is 1.85. The predicted octanol–water partition coefficient (Wildman–Crippen LogP) is 0.722. The molecule has 0 aromatic carbocycles. The number of hydrogen-bond acceptors (Lipinski definition) is 3. The van der Waals surface area contributed by atoms with Crippen molar-refractivity contribution in [1.29, 1.82) is 0 Å². The SMILES string of the molecule is CCOc1cccn(CCC(=O)O)c1=O. The molecular formula is C10H13NO4. The molecule has 0 spiro atoms. The molecule has 1 aromatic heterocycles. The zero-order valence-electron chi connectivity index (χ0n) is 8.47. The van der Waals surface area contributed by atoms with E-state index in [1.165, 1.54) is 4.57 Å². The van der Waals surface area contributed by atoms with E-state index in [1.807, 2.05) is 0 Å². The van der Waals surface area contributed by atoms with Crippen molar-refractivity contribution in [3.05, 3.63) is 28.7 Å². The molecule has 5 nitrogen and oxygen atoms in total. The molecule has 0 fully saturated rings. The van der Waals surface area contributed by atoms with E-state index in [2.05, 4.69) is 0 Å². The van der Waals surface area contributed by atoms with Gasteiger partial charge in [-0.15, -0.1) is 0 Å². The lowest BCUT2D eigenvalue weighted by Crippen LogP contribution is -2.22. The number of pyridine rings is 1. The normalized spacial score (nSPS) is 9.93. The minimum absolute atomic E-state index is 0.0739. The molecule has 0 atom stereocenters. The van der Waals surface area contributed by atoms with E-state index in [-0.39, 0.29) is 24.3 Å². The summed E-state index contributed by atoms with van der Waals surface area (Å²) < 4.78 is 6.44. The fourth-order valence-electron chi connectivity index (χ4n) is 1.17. The number of aromatic nitrogens is 1. The Kier molecular flexibility index (Phi) is 3.91. The van der Waals surface area contributed by atoms with Crippen molar-refractivity contribution in [3.8, 4) is 5.75 Å². The van der Waals surface area contributed by atoms with E-state index in [9.17, 15) is 9.59 Å². The number of aryl methyl sites for hydroxylation is 1. The second kappa shape index (κ2) is 5.19. The minimum atomic E-state index is -0.927. The average molecular weight is 211 g/mol. The molecule has 0 bridgehead atoms. The van der Waals surface area contributed by atoms with E-state index in [0.29, 0.717) is 6.61 Å². The topological polar surface area (TPSA) is 68.5 Å². The first-order valence-corrected chi connectivity index (χ1v) is 4.69. The summed E-state index contributed by atoms with van der Waals surface area (Å²) in [5, 5.41) is 8.49. The molecule has 15 heavy (non-hydrogen) atoms. The minimum Gasteiger partial charge on any atom is -0.488 e. The van der Waals surface area contributed by atoms with Gasteiger partial charge in [0.2, 0.25) is 0 Å². The highest BCUT2D eigenvalue weighted by atomic mass is 16.5. The summed E-state index contributed by atoms with van der Waals surface area (Å²) in [6, 6.07) is 3.23. The van der Waals surface area contributed by atoms with Gasteiger partial charge in [-0.05, 0) is 19.1 Å². The van der Waals surface area contributed by atoms with Gasteiger partial charge in [-0.3, -0.25) is 9.59 Å². The van der Waals surface area contributed by atoms with Crippen LogP contribution in [0.25, 0.3) is 0 Å². The molecule has 1 heterocycles. The molecule has 0 unspecified atom stereocenters. The number of carboxylic acids is 1. The highest BCUT2D eigenvalue weighted by Gasteiger charge is 2.04. The van der Waals surface area contributed by atoms with Gasteiger partial charge in [0, 0.05) is 12.7 Å². The van der Waals surface area contributed by atoms with E-state index < -0.39 is 5.97 Å². The Hall–Kier alpha value is -1.78. The van der Waals surface area contributed by atoms with Crippen molar-refractivity contribution < 1.29 is 14.6 Å². The molecule has 0 aliphatic carbocycles. The summed E-state index contributed by atoms with van der Waals surface area (Å²) in [4.78, 5) is 22.0. The van der Waals surface area contributed by atoms with Crippen LogP contribution in [0.4, 0.5) is 0 Å². The largest absolute Gasteiger partial charge is 0.488 e. The number of rotatable bonds is 5. The number of carbonyl (C=O) groups is 1. The first-order valence-electron chi connectivity index (χ1n) is 4.69. The zero-order valence-corrected chi connectivity index (χ0v) is 8.47. The Bertz CT molecular complexity index is 397. The molecule has 5 heteroatoms. The smallest absolute Gasteiger partial charge is 0.305 e. The van der Waals surface area contributed by atoms with Crippen LogP contribution in [0.15, 0.2) is 23.1 Å². The number of ether oxygens (including phenoxy) is 1. The molecule has 1 aromatic rings. The van der Waals surface area contributed by atoms with Crippen LogP contribution < -0.4 is 10.3 Å². The van der Waals surface area contributed by atoms with Gasteiger partial charge in [0.25, 0.3) is 5.56 Å². The highest BCUT2D eigenvalue weighted by molar-refractivity contribution is 5.66. The first kappa shape index (κ1) is 11.3. The monoisotopic (exact) mass is 211 g/mol. The van der Waals surface area contributed by atoms with Gasteiger partial charge in [-0.25, -0.2) is 0 Å². The van der Waals surface area contributed by atoms with Crippen molar-refractivity contribution in [2.75, 3.05) is 6.61 Å². The lowest BCUT2D eigenvalue weighted by atomic mass is 10.4. The molecular weight excluding hydrogens is 198 g/mol. The van der Waals surface area contributed by atoms with Crippen molar-refractivity contribution >= 4 is 5.97 Å². The summed E-state index contributed by atoms with van der Waals surface area (Å²) in [6.07, 6.45) is 1.48. The first-order chi connectivity index (χ1) is 7.15. The van der Waals surface area contributed by atoms with Crippen LogP contribution in [0.2, 0.25) is 0 Å². The molecule has 0 saturated carbocycles. The summed E-state index contributed by atoms with van der Waals surface area (Å²) in [7, 11) is 0. The maximum atomic E-state index is 11.6. The summed E-state index contributed by atoms with van der Waals surface area (Å²) in [5.41, 5.74) is -0.291. The Morgan fingerprint density at radius 2 is 2.33 bits per heavy atom. The lowest BCUT2D eigenvalue weighted by molar-refractivity contribution is -0.137. The van der Waals surface area contributed by atoms with E-state index in [4.69, 9.17) is 9.84 Å². The third-order valence-corrected chi connectivity index (χ3v) is 1.85. The molecule has 0 aliphatic heterocycles. The Morgan fingerprint density at radius 3 is 2.93 bits per heavy atom. The van der Waals surface area contributed by atoms with Crippen molar-refractivity contribution in [3.63, 3.8) is 0 Å². The van der Waals surface area contributed by atoms with Crippen molar-refractivity contribution in [2.24, 2.45) is 0 Å². The molecule has 1 N–H and O–H groups in total. The second-order valence-corrected chi connectivity index (χ2v) is 2.95. The fraction of sp³-hybridized carbons (Fsp3) is 0.400. The predicted molar refractivity (Wildman–Crippen MR) is 54.1 cm³/mol. The summed E-state index contributed by atoms with van der Waals surface area (Å²) >= 11 is 0. The third kappa shape index (κ3) is 3.12. The number of hydrogen-bond donors (Lipinski definition) is 1. The van der Waals surface area contributed by atoms with Gasteiger partial charge in [0.05, 0.1) is 13.0 Å². The standard InChI is InChI=1S/C10H13NO4/c1-2-15-8-4-3-6-11(10(8)14)7-5-9(12)13/h3-4,6H,2,5,7H2,1H3,(H,12,13). The van der Waals surface area contributed by atoms with Gasteiger partial charge in [0.15, 0.2) is 5.75 Å². The van der Waals surface area contributed by atoms with Crippen LogP contribution in [-0.2, 0) is 11.3 Å². The van der Waals surface area contributed by atoms with Crippen LogP contribution in [-0.4, -0.2) is 22.2 Å². The second-order valence-electron chi connectivity index (χ2n) is 2.95. The number of aliphatic carboxylic acids is 1. The Labute approximate surface area is 86.9 Å². The summed E-state index contributed by atoms with van der Waals surface area (Å²) in [6.45, 7) is 2.36. The molecule has 82 valence electrons. The van der Waals surface area contributed by atoms with Crippen LogP contribution in [0.1, 0.15) is 13.3 Å². The quantitative estimate of drug-likeness (QED) is 0.779. The Morgan fingerprint density at radius 1 is 1.60 bits per heavy atom. The van der Waals surface area contributed by atoms with Gasteiger partial charge in [0.1, 0.15) is 0 Å². The van der Waals surface area contributed by atoms with Crippen LogP contribution in [0, 0.1) is 0 Å². The van der Waals surface area contributed by atoms with Gasteiger partial charge in [-0.1, -0.05) is 0 Å². The zero-order chi connectivity index (χ0) is 11.3. The Balaban J connectivity index is 2.84. The molecule has 1 rings (SSSR count). The molecule has 0 amide bonds. The molecule has 0 saturated heterocycles. The van der Waals surface area contributed by atoms with E-state index >= 15 is 0 Å². The average Bonchev–Trinajstić information content (AvgIpc) is 2.19. The molecule has 0 aliphatic rings. The number of carboxylic acid groups (broad SMARTS) is 1. The van der Waals surface area contributed by atoms with Gasteiger partial charge in [-0.2, -0.15) is 0 Å². The number of nitrogens with zero attached hydrogens (tertiary/aromatic N) is 1. The van der Waals surface area contributed by atoms with Crippen molar-refractivity contribution in [2.45, 2.75) is 19.9 Å².